The Morgan fingerprint density at radius 1 is 1.16 bits per heavy atom. The number of benzene rings is 1. The van der Waals surface area contributed by atoms with E-state index in [9.17, 15) is 4.79 Å². The van der Waals surface area contributed by atoms with Crippen LogP contribution in [0.5, 0.6) is 0 Å². The molecule has 1 fully saturated rings. The van der Waals surface area contributed by atoms with Crippen molar-refractivity contribution in [3.8, 4) is 0 Å². The van der Waals surface area contributed by atoms with Gasteiger partial charge in [-0.2, -0.15) is 0 Å². The highest BCUT2D eigenvalue weighted by Crippen LogP contribution is 2.15. The van der Waals surface area contributed by atoms with E-state index >= 15 is 0 Å². The number of unbranched alkanes of at least 4 members (excludes halogenated alkanes) is 1. The monoisotopic (exact) mass is 458 g/mol. The molecule has 0 aliphatic carbocycles. The van der Waals surface area contributed by atoms with Gasteiger partial charge in [0.2, 0.25) is 5.91 Å². The average Bonchev–Trinajstić information content (AvgIpc) is 2.99. The number of amides is 1. The Morgan fingerprint density at radius 3 is 2.48 bits per heavy atom. The lowest BCUT2D eigenvalue weighted by Crippen LogP contribution is -2.37. The quantitative estimate of drug-likeness (QED) is 0.272. The van der Waals surface area contributed by atoms with E-state index in [1.807, 2.05) is 4.90 Å². The second-order valence-corrected chi connectivity index (χ2v) is 6.21. The summed E-state index contributed by atoms with van der Waals surface area (Å²) in [6.07, 6.45) is 4.01. The van der Waals surface area contributed by atoms with Gasteiger partial charge in [0.15, 0.2) is 5.96 Å². The first-order valence-corrected chi connectivity index (χ1v) is 9.10. The highest BCUT2D eigenvalue weighted by Gasteiger charge is 2.19. The number of nitrogens with zero attached hydrogens (tertiary/aromatic N) is 2. The highest BCUT2D eigenvalue weighted by molar-refractivity contribution is 14.0. The van der Waals surface area contributed by atoms with Crippen LogP contribution in [0.4, 0.5) is 0 Å². The summed E-state index contributed by atoms with van der Waals surface area (Å²) in [5.74, 6) is 1.15. The largest absolute Gasteiger partial charge is 0.357 e. The van der Waals surface area contributed by atoms with Gasteiger partial charge < -0.3 is 15.5 Å². The van der Waals surface area contributed by atoms with Gasteiger partial charge in [0, 0.05) is 32.6 Å². The van der Waals surface area contributed by atoms with E-state index in [1.165, 1.54) is 17.5 Å². The third kappa shape index (κ3) is 7.63. The number of carbonyl (C=O) groups is 1. The van der Waals surface area contributed by atoms with Gasteiger partial charge in [-0.1, -0.05) is 37.6 Å². The Hall–Kier alpha value is -1.31. The predicted octanol–water partition coefficient (Wildman–Crippen LogP) is 3.28. The average molecular weight is 458 g/mol. The van der Waals surface area contributed by atoms with Crippen LogP contribution in [0.25, 0.3) is 0 Å². The number of hydrogen-bond donors (Lipinski definition) is 2. The number of nitrogens with one attached hydrogen (secondary N) is 2. The minimum absolute atomic E-state index is 0. The summed E-state index contributed by atoms with van der Waals surface area (Å²) >= 11 is 0. The molecule has 0 bridgehead atoms. The molecule has 5 nitrogen and oxygen atoms in total. The van der Waals surface area contributed by atoms with Crippen LogP contribution < -0.4 is 10.6 Å². The molecule has 0 atom stereocenters. The first-order valence-electron chi connectivity index (χ1n) is 9.10. The van der Waals surface area contributed by atoms with E-state index in [4.69, 9.17) is 0 Å². The SMILES string of the molecule is CCCCNC(=NCc1ccc(CN2CCCC2=O)cc1)NCC.I. The topological polar surface area (TPSA) is 56.7 Å². The Bertz CT molecular complexity index is 545. The van der Waals surface area contributed by atoms with E-state index in [-0.39, 0.29) is 29.9 Å². The standard InChI is InChI=1S/C19H30N4O.HI/c1-3-5-12-21-19(20-4-2)22-14-16-8-10-17(11-9-16)15-23-13-6-7-18(23)24;/h8-11H,3-7,12-15H2,1-2H3,(H2,20,21,22);1H. The number of aliphatic imine (C=N–C) groups is 1. The summed E-state index contributed by atoms with van der Waals surface area (Å²) in [4.78, 5) is 18.3. The maximum absolute atomic E-state index is 11.7. The smallest absolute Gasteiger partial charge is 0.222 e. The van der Waals surface area contributed by atoms with Crippen LogP contribution in [-0.4, -0.2) is 36.4 Å². The van der Waals surface area contributed by atoms with Gasteiger partial charge in [0.05, 0.1) is 6.54 Å². The maximum Gasteiger partial charge on any atom is 0.222 e. The van der Waals surface area contributed by atoms with Crippen LogP contribution in [-0.2, 0) is 17.9 Å². The van der Waals surface area contributed by atoms with Crippen molar-refractivity contribution in [2.24, 2.45) is 4.99 Å². The minimum atomic E-state index is 0. The van der Waals surface area contributed by atoms with Crippen molar-refractivity contribution in [1.82, 2.24) is 15.5 Å². The van der Waals surface area contributed by atoms with Gasteiger partial charge in [0.25, 0.3) is 0 Å². The lowest BCUT2D eigenvalue weighted by Gasteiger charge is -2.15. The zero-order chi connectivity index (χ0) is 17.2. The molecule has 1 aromatic rings. The number of halogens is 1. The second-order valence-electron chi connectivity index (χ2n) is 6.21. The molecule has 0 saturated carbocycles. The molecule has 2 N–H and O–H groups in total. The Balaban J connectivity index is 0.00000312. The molecule has 1 aliphatic heterocycles. The second kappa shape index (κ2) is 12.1. The van der Waals surface area contributed by atoms with Crippen molar-refractivity contribution in [3.05, 3.63) is 35.4 Å². The molecular formula is C19H31IN4O. The Morgan fingerprint density at radius 2 is 1.88 bits per heavy atom. The summed E-state index contributed by atoms with van der Waals surface area (Å²) in [5.41, 5.74) is 2.37. The molecule has 1 aromatic carbocycles. The van der Waals surface area contributed by atoms with Crippen molar-refractivity contribution in [2.45, 2.75) is 52.6 Å². The van der Waals surface area contributed by atoms with Crippen molar-refractivity contribution < 1.29 is 4.79 Å². The maximum atomic E-state index is 11.7. The van der Waals surface area contributed by atoms with E-state index < -0.39 is 0 Å². The third-order valence-electron chi connectivity index (χ3n) is 4.15. The minimum Gasteiger partial charge on any atom is -0.357 e. The number of likely N-dealkylation sites (tertiary alicyclic amines) is 1. The first kappa shape index (κ1) is 21.7. The van der Waals surface area contributed by atoms with Gasteiger partial charge in [-0.25, -0.2) is 4.99 Å². The van der Waals surface area contributed by atoms with Gasteiger partial charge in [-0.3, -0.25) is 4.79 Å². The molecule has 1 saturated heterocycles. The van der Waals surface area contributed by atoms with Crippen LogP contribution in [0.3, 0.4) is 0 Å². The van der Waals surface area contributed by atoms with Crippen LogP contribution >= 0.6 is 24.0 Å². The number of hydrogen-bond acceptors (Lipinski definition) is 2. The molecule has 6 heteroatoms. The van der Waals surface area contributed by atoms with Crippen LogP contribution in [0.1, 0.15) is 50.7 Å². The lowest BCUT2D eigenvalue weighted by atomic mass is 10.1. The molecule has 0 unspecified atom stereocenters. The molecular weight excluding hydrogens is 427 g/mol. The molecule has 1 heterocycles. The molecule has 0 spiro atoms. The number of carbonyl (C=O) groups excluding carboxylic acids is 1. The Labute approximate surface area is 168 Å². The first-order chi connectivity index (χ1) is 11.7. The van der Waals surface area contributed by atoms with Gasteiger partial charge in [-0.15, -0.1) is 24.0 Å². The molecule has 25 heavy (non-hydrogen) atoms. The van der Waals surface area contributed by atoms with Gasteiger partial charge in [-0.05, 0) is 30.9 Å². The lowest BCUT2D eigenvalue weighted by molar-refractivity contribution is -0.128. The molecule has 1 aliphatic rings. The zero-order valence-corrected chi connectivity index (χ0v) is 17.7. The molecule has 0 aromatic heterocycles. The molecule has 2 rings (SSSR count). The Kier molecular flexibility index (Phi) is 10.5. The highest BCUT2D eigenvalue weighted by atomic mass is 127. The number of guanidine groups is 1. The molecule has 1 amide bonds. The molecule has 0 radical (unpaired) electrons. The summed E-state index contributed by atoms with van der Waals surface area (Å²) in [6.45, 7) is 8.34. The summed E-state index contributed by atoms with van der Waals surface area (Å²) in [7, 11) is 0. The van der Waals surface area contributed by atoms with E-state index in [0.717, 1.165) is 45.0 Å². The fourth-order valence-electron chi connectivity index (χ4n) is 2.74. The van der Waals surface area contributed by atoms with Crippen molar-refractivity contribution >= 4 is 35.8 Å². The van der Waals surface area contributed by atoms with E-state index in [2.05, 4.69) is 53.7 Å². The summed E-state index contributed by atoms with van der Waals surface area (Å²) in [6, 6.07) is 8.42. The van der Waals surface area contributed by atoms with Crippen molar-refractivity contribution in [3.63, 3.8) is 0 Å². The van der Waals surface area contributed by atoms with Crippen molar-refractivity contribution in [2.75, 3.05) is 19.6 Å². The van der Waals surface area contributed by atoms with E-state index in [0.29, 0.717) is 13.0 Å². The normalized spacial score (nSPS) is 14.4. The molecule has 140 valence electrons. The third-order valence-corrected chi connectivity index (χ3v) is 4.15. The predicted molar refractivity (Wildman–Crippen MR) is 114 cm³/mol. The van der Waals surface area contributed by atoms with Crippen LogP contribution in [0, 0.1) is 0 Å². The van der Waals surface area contributed by atoms with Gasteiger partial charge in [0.1, 0.15) is 0 Å². The van der Waals surface area contributed by atoms with E-state index in [1.54, 1.807) is 0 Å². The summed E-state index contributed by atoms with van der Waals surface area (Å²) < 4.78 is 0. The number of rotatable bonds is 8. The zero-order valence-electron chi connectivity index (χ0n) is 15.4. The fourth-order valence-corrected chi connectivity index (χ4v) is 2.74. The van der Waals surface area contributed by atoms with Gasteiger partial charge >= 0.3 is 0 Å². The van der Waals surface area contributed by atoms with Crippen molar-refractivity contribution in [1.29, 1.82) is 0 Å². The van der Waals surface area contributed by atoms with Crippen LogP contribution in [0.2, 0.25) is 0 Å². The fraction of sp³-hybridized carbons (Fsp3) is 0.579. The summed E-state index contributed by atoms with van der Waals surface area (Å²) in [5, 5.41) is 6.62. The van der Waals surface area contributed by atoms with Crippen LogP contribution in [0.15, 0.2) is 29.3 Å².